The highest BCUT2D eigenvalue weighted by atomic mass is 79.9. The maximum absolute atomic E-state index is 6.08. The van der Waals surface area contributed by atoms with Crippen molar-refractivity contribution in [2.75, 3.05) is 0 Å². The Labute approximate surface area is 102 Å². The van der Waals surface area contributed by atoms with Crippen molar-refractivity contribution in [2.24, 2.45) is 0 Å². The van der Waals surface area contributed by atoms with Gasteiger partial charge < -0.3 is 0 Å². The van der Waals surface area contributed by atoms with Crippen molar-refractivity contribution in [3.8, 4) is 0 Å². The number of aromatic nitrogens is 2. The van der Waals surface area contributed by atoms with E-state index in [0.29, 0.717) is 10.9 Å². The Morgan fingerprint density at radius 1 is 1.27 bits per heavy atom. The highest BCUT2D eigenvalue weighted by Crippen LogP contribution is 2.29. The summed E-state index contributed by atoms with van der Waals surface area (Å²) in [5.74, 6) is 1.14. The van der Waals surface area contributed by atoms with Crippen LogP contribution in [0.3, 0.4) is 0 Å². The van der Waals surface area contributed by atoms with Gasteiger partial charge in [0.15, 0.2) is 0 Å². The van der Waals surface area contributed by atoms with E-state index in [-0.39, 0.29) is 0 Å². The lowest BCUT2D eigenvalue weighted by atomic mass is 10.2. The Morgan fingerprint density at radius 3 is 2.67 bits per heavy atom. The molecule has 2 aromatic rings. The molecule has 0 aliphatic rings. The van der Waals surface area contributed by atoms with Gasteiger partial charge in [0, 0.05) is 5.92 Å². The number of fused-ring (bicyclic) bond motifs is 1. The van der Waals surface area contributed by atoms with Crippen molar-refractivity contribution in [1.29, 1.82) is 0 Å². The van der Waals surface area contributed by atoms with Crippen LogP contribution < -0.4 is 0 Å². The van der Waals surface area contributed by atoms with Crippen molar-refractivity contribution in [3.63, 3.8) is 0 Å². The van der Waals surface area contributed by atoms with Crippen molar-refractivity contribution in [3.05, 3.63) is 33.6 Å². The molecule has 78 valence electrons. The second-order valence-electron chi connectivity index (χ2n) is 3.66. The van der Waals surface area contributed by atoms with E-state index in [2.05, 4.69) is 39.7 Å². The Kier molecular flexibility index (Phi) is 2.94. The van der Waals surface area contributed by atoms with Gasteiger partial charge in [0.2, 0.25) is 0 Å². The highest BCUT2D eigenvalue weighted by Gasteiger charge is 2.10. The Balaban J connectivity index is 2.78. The Hall–Kier alpha value is -0.670. The van der Waals surface area contributed by atoms with Crippen molar-refractivity contribution >= 4 is 38.4 Å². The first-order valence-corrected chi connectivity index (χ1v) is 5.88. The predicted octanol–water partition coefficient (Wildman–Crippen LogP) is 4.17. The summed E-state index contributed by atoms with van der Waals surface area (Å²) in [6.45, 7) is 4.14. The minimum absolute atomic E-state index is 0.310. The molecule has 0 aliphatic carbocycles. The first kappa shape index (κ1) is 10.8. The maximum atomic E-state index is 6.08. The van der Waals surface area contributed by atoms with Gasteiger partial charge in [-0.1, -0.05) is 31.5 Å². The van der Waals surface area contributed by atoms with Gasteiger partial charge in [-0.3, -0.25) is 0 Å². The summed E-state index contributed by atoms with van der Waals surface area (Å²) in [5, 5.41) is 1.55. The van der Waals surface area contributed by atoms with E-state index in [9.17, 15) is 0 Å². The molecule has 2 nitrogen and oxygen atoms in total. The lowest BCUT2D eigenvalue weighted by Crippen LogP contribution is -1.98. The fraction of sp³-hybridized carbons (Fsp3) is 0.273. The van der Waals surface area contributed by atoms with Crippen LogP contribution >= 0.6 is 27.5 Å². The topological polar surface area (TPSA) is 25.8 Å². The summed E-state index contributed by atoms with van der Waals surface area (Å²) in [6.07, 6.45) is 0. The Bertz CT molecular complexity index is 511. The van der Waals surface area contributed by atoms with E-state index in [1.807, 2.05) is 18.2 Å². The van der Waals surface area contributed by atoms with E-state index in [1.165, 1.54) is 0 Å². The van der Waals surface area contributed by atoms with Crippen LogP contribution in [0.4, 0.5) is 0 Å². The number of nitrogens with zero attached hydrogens (tertiary/aromatic N) is 2. The third-order valence-corrected chi connectivity index (χ3v) is 3.05. The molecular weight excluding hydrogens is 275 g/mol. The first-order chi connectivity index (χ1) is 7.09. The van der Waals surface area contributed by atoms with E-state index < -0.39 is 0 Å². The Morgan fingerprint density at radius 2 is 2.00 bits per heavy atom. The van der Waals surface area contributed by atoms with Crippen molar-refractivity contribution < 1.29 is 0 Å². The van der Waals surface area contributed by atoms with Crippen LogP contribution in [0.25, 0.3) is 10.9 Å². The van der Waals surface area contributed by atoms with Gasteiger partial charge in [0.05, 0.1) is 15.9 Å². The summed E-state index contributed by atoms with van der Waals surface area (Å²) >= 11 is 9.52. The van der Waals surface area contributed by atoms with Crippen LogP contribution in [-0.4, -0.2) is 9.97 Å². The fourth-order valence-corrected chi connectivity index (χ4v) is 2.34. The molecule has 1 aromatic carbocycles. The summed E-state index contributed by atoms with van der Waals surface area (Å²) in [4.78, 5) is 8.85. The van der Waals surface area contributed by atoms with Crippen LogP contribution in [0.5, 0.6) is 0 Å². The van der Waals surface area contributed by atoms with Gasteiger partial charge in [-0.2, -0.15) is 0 Å². The molecule has 0 radical (unpaired) electrons. The second kappa shape index (κ2) is 4.06. The van der Waals surface area contributed by atoms with E-state index in [0.717, 1.165) is 21.3 Å². The number of hydrogen-bond donors (Lipinski definition) is 0. The highest BCUT2D eigenvalue weighted by molar-refractivity contribution is 9.10. The maximum Gasteiger partial charge on any atom is 0.132 e. The summed E-state index contributed by atoms with van der Waals surface area (Å²) in [5.41, 5.74) is 0.882. The van der Waals surface area contributed by atoms with Crippen molar-refractivity contribution in [1.82, 2.24) is 9.97 Å². The molecule has 1 heterocycles. The molecular formula is C11H10BrClN2. The zero-order valence-electron chi connectivity index (χ0n) is 8.46. The van der Waals surface area contributed by atoms with Crippen LogP contribution in [0, 0.1) is 0 Å². The molecule has 0 aliphatic heterocycles. The minimum Gasteiger partial charge on any atom is -0.232 e. The predicted molar refractivity (Wildman–Crippen MR) is 66.3 cm³/mol. The van der Waals surface area contributed by atoms with Crippen LogP contribution in [0.2, 0.25) is 5.02 Å². The molecule has 0 spiro atoms. The molecule has 0 N–H and O–H groups in total. The number of halogens is 2. The molecule has 0 atom stereocenters. The number of benzene rings is 1. The molecule has 2 rings (SSSR count). The lowest BCUT2D eigenvalue weighted by molar-refractivity contribution is 0.779. The standard InChI is InChI=1S/C11H10BrClN2/c1-6(2)11-14-8-5-3-4-7(13)9(8)10(12)15-11/h3-6H,1-2H3. The van der Waals surface area contributed by atoms with E-state index in [1.54, 1.807) is 0 Å². The summed E-state index contributed by atoms with van der Waals surface area (Å²) < 4.78 is 0.766. The lowest BCUT2D eigenvalue weighted by Gasteiger charge is -2.07. The van der Waals surface area contributed by atoms with Gasteiger partial charge in [-0.15, -0.1) is 0 Å². The zero-order chi connectivity index (χ0) is 11.0. The van der Waals surface area contributed by atoms with E-state index in [4.69, 9.17) is 11.6 Å². The summed E-state index contributed by atoms with van der Waals surface area (Å²) in [6, 6.07) is 5.68. The molecule has 1 aromatic heterocycles. The zero-order valence-corrected chi connectivity index (χ0v) is 10.8. The third-order valence-electron chi connectivity index (χ3n) is 2.16. The van der Waals surface area contributed by atoms with Gasteiger partial charge in [-0.25, -0.2) is 9.97 Å². The molecule has 0 amide bonds. The largest absolute Gasteiger partial charge is 0.232 e. The average molecular weight is 286 g/mol. The minimum atomic E-state index is 0.310. The fourth-order valence-electron chi connectivity index (χ4n) is 1.37. The van der Waals surface area contributed by atoms with Crippen LogP contribution in [-0.2, 0) is 0 Å². The first-order valence-electron chi connectivity index (χ1n) is 4.71. The molecule has 4 heteroatoms. The normalized spacial score (nSPS) is 11.3. The second-order valence-corrected chi connectivity index (χ2v) is 4.82. The molecule has 0 saturated heterocycles. The average Bonchev–Trinajstić information content (AvgIpc) is 2.17. The van der Waals surface area contributed by atoms with Crippen molar-refractivity contribution in [2.45, 2.75) is 19.8 Å². The molecule has 15 heavy (non-hydrogen) atoms. The van der Waals surface area contributed by atoms with Crippen LogP contribution in [0.1, 0.15) is 25.6 Å². The van der Waals surface area contributed by atoms with Gasteiger partial charge in [0.1, 0.15) is 10.4 Å². The number of rotatable bonds is 1. The van der Waals surface area contributed by atoms with Gasteiger partial charge in [-0.05, 0) is 28.1 Å². The smallest absolute Gasteiger partial charge is 0.132 e. The van der Waals surface area contributed by atoms with Crippen LogP contribution in [0.15, 0.2) is 22.8 Å². The monoisotopic (exact) mass is 284 g/mol. The van der Waals surface area contributed by atoms with Gasteiger partial charge >= 0.3 is 0 Å². The molecule has 0 saturated carbocycles. The number of hydrogen-bond acceptors (Lipinski definition) is 2. The molecule has 0 unspecified atom stereocenters. The quantitative estimate of drug-likeness (QED) is 0.735. The molecule has 0 bridgehead atoms. The SMILES string of the molecule is CC(C)c1nc(Br)c2c(Cl)cccc2n1. The third kappa shape index (κ3) is 1.99. The van der Waals surface area contributed by atoms with Gasteiger partial charge in [0.25, 0.3) is 0 Å². The van der Waals surface area contributed by atoms with E-state index >= 15 is 0 Å². The summed E-state index contributed by atoms with van der Waals surface area (Å²) in [7, 11) is 0. The molecule has 0 fully saturated rings.